The average Bonchev–Trinajstić information content (AvgIpc) is 2.90. The van der Waals surface area contributed by atoms with Crippen molar-refractivity contribution in [1.29, 1.82) is 0 Å². The molecule has 1 aromatic rings. The lowest BCUT2D eigenvalue weighted by atomic mass is 10.0. The van der Waals surface area contributed by atoms with Crippen LogP contribution in [0.1, 0.15) is 6.92 Å². The first-order valence-corrected chi connectivity index (χ1v) is 6.67. The van der Waals surface area contributed by atoms with Gasteiger partial charge in [-0.15, -0.1) is 0 Å². The minimum atomic E-state index is -1.02. The molecule has 114 valence electrons. The Labute approximate surface area is 121 Å². The minimum Gasteiger partial charge on any atom is -0.481 e. The van der Waals surface area contributed by atoms with E-state index in [1.807, 2.05) is 0 Å². The van der Waals surface area contributed by atoms with Crippen LogP contribution in [0, 0.1) is 11.7 Å². The van der Waals surface area contributed by atoms with Crippen LogP contribution in [0.4, 0.5) is 14.9 Å². The van der Waals surface area contributed by atoms with Gasteiger partial charge in [0.1, 0.15) is 11.7 Å². The summed E-state index contributed by atoms with van der Waals surface area (Å²) in [6.45, 7) is 2.17. The number of ether oxygens (including phenoxy) is 1. The third kappa shape index (κ3) is 3.30. The topological polar surface area (TPSA) is 78.9 Å². The van der Waals surface area contributed by atoms with E-state index in [0.29, 0.717) is 0 Å². The predicted molar refractivity (Wildman–Crippen MR) is 73.7 cm³/mol. The number of urea groups is 1. The Morgan fingerprint density at radius 3 is 2.76 bits per heavy atom. The highest BCUT2D eigenvalue weighted by atomic mass is 19.1. The normalized spacial score (nSPS) is 21.0. The SMILES string of the molecule is CCN(C(=O)NC1COCC1C(=O)O)c1ccccc1F. The number of amides is 2. The van der Waals surface area contributed by atoms with Crippen LogP contribution in [-0.4, -0.2) is 42.9 Å². The largest absolute Gasteiger partial charge is 0.481 e. The molecule has 6 nitrogen and oxygen atoms in total. The first kappa shape index (κ1) is 15.2. The van der Waals surface area contributed by atoms with Crippen molar-refractivity contribution in [2.45, 2.75) is 13.0 Å². The Balaban J connectivity index is 2.11. The number of nitrogens with one attached hydrogen (secondary N) is 1. The van der Waals surface area contributed by atoms with Crippen molar-refractivity contribution in [3.05, 3.63) is 30.1 Å². The van der Waals surface area contributed by atoms with Crippen molar-refractivity contribution < 1.29 is 23.8 Å². The van der Waals surface area contributed by atoms with E-state index >= 15 is 0 Å². The van der Waals surface area contributed by atoms with Gasteiger partial charge in [-0.25, -0.2) is 9.18 Å². The summed E-state index contributed by atoms with van der Waals surface area (Å²) in [6.07, 6.45) is 0. The smallest absolute Gasteiger partial charge is 0.322 e. The molecule has 21 heavy (non-hydrogen) atoms. The molecule has 2 rings (SSSR count). The van der Waals surface area contributed by atoms with Gasteiger partial charge in [0, 0.05) is 6.54 Å². The van der Waals surface area contributed by atoms with E-state index in [0.717, 1.165) is 0 Å². The molecule has 2 amide bonds. The predicted octanol–water partition coefficient (Wildman–Crippen LogP) is 1.46. The molecule has 0 bridgehead atoms. The Hall–Kier alpha value is -2.15. The molecule has 1 aliphatic rings. The number of rotatable bonds is 4. The van der Waals surface area contributed by atoms with Gasteiger partial charge in [0.05, 0.1) is 24.9 Å². The maximum absolute atomic E-state index is 13.8. The van der Waals surface area contributed by atoms with Crippen molar-refractivity contribution in [1.82, 2.24) is 5.32 Å². The second-order valence-corrected chi connectivity index (χ2v) is 4.73. The molecule has 7 heteroatoms. The summed E-state index contributed by atoms with van der Waals surface area (Å²) in [6, 6.07) is 4.78. The molecule has 1 saturated heterocycles. The summed E-state index contributed by atoms with van der Waals surface area (Å²) < 4.78 is 18.9. The van der Waals surface area contributed by atoms with Gasteiger partial charge in [-0.3, -0.25) is 9.69 Å². The fraction of sp³-hybridized carbons (Fsp3) is 0.429. The van der Waals surface area contributed by atoms with Crippen LogP contribution in [-0.2, 0) is 9.53 Å². The Kier molecular flexibility index (Phi) is 4.74. The van der Waals surface area contributed by atoms with Crippen molar-refractivity contribution in [2.75, 3.05) is 24.7 Å². The molecule has 1 aromatic carbocycles. The molecule has 2 atom stereocenters. The number of aliphatic carboxylic acids is 1. The summed E-state index contributed by atoms with van der Waals surface area (Å²) in [5.74, 6) is -2.31. The summed E-state index contributed by atoms with van der Waals surface area (Å²) >= 11 is 0. The molecule has 1 fully saturated rings. The van der Waals surface area contributed by atoms with E-state index in [4.69, 9.17) is 9.84 Å². The van der Waals surface area contributed by atoms with Gasteiger partial charge in [0.2, 0.25) is 0 Å². The zero-order valence-electron chi connectivity index (χ0n) is 11.6. The number of para-hydroxylation sites is 1. The van der Waals surface area contributed by atoms with Gasteiger partial charge in [0.15, 0.2) is 0 Å². The van der Waals surface area contributed by atoms with Crippen LogP contribution in [0.2, 0.25) is 0 Å². The quantitative estimate of drug-likeness (QED) is 0.881. The van der Waals surface area contributed by atoms with Crippen molar-refractivity contribution in [3.63, 3.8) is 0 Å². The van der Waals surface area contributed by atoms with Crippen LogP contribution in [0.15, 0.2) is 24.3 Å². The van der Waals surface area contributed by atoms with Crippen LogP contribution in [0.25, 0.3) is 0 Å². The second kappa shape index (κ2) is 6.53. The minimum absolute atomic E-state index is 0.0616. The third-order valence-electron chi connectivity index (χ3n) is 3.41. The highest BCUT2D eigenvalue weighted by Gasteiger charge is 2.36. The fourth-order valence-corrected chi connectivity index (χ4v) is 2.27. The Morgan fingerprint density at radius 2 is 2.14 bits per heavy atom. The summed E-state index contributed by atoms with van der Waals surface area (Å²) in [5, 5.41) is 11.7. The highest BCUT2D eigenvalue weighted by molar-refractivity contribution is 5.92. The monoisotopic (exact) mass is 296 g/mol. The van der Waals surface area contributed by atoms with Crippen LogP contribution in [0.5, 0.6) is 0 Å². The lowest BCUT2D eigenvalue weighted by Crippen LogP contribution is -2.49. The number of carbonyl (C=O) groups is 2. The molecule has 1 aliphatic heterocycles. The van der Waals surface area contributed by atoms with E-state index < -0.39 is 29.8 Å². The first-order chi connectivity index (χ1) is 10.0. The Bertz CT molecular complexity index is 537. The number of nitrogens with zero attached hydrogens (tertiary/aromatic N) is 1. The average molecular weight is 296 g/mol. The van der Waals surface area contributed by atoms with Gasteiger partial charge >= 0.3 is 12.0 Å². The maximum atomic E-state index is 13.8. The van der Waals surface area contributed by atoms with Gasteiger partial charge in [-0.05, 0) is 19.1 Å². The molecular formula is C14H17FN2O4. The van der Waals surface area contributed by atoms with Gasteiger partial charge in [-0.2, -0.15) is 0 Å². The zero-order chi connectivity index (χ0) is 15.4. The Morgan fingerprint density at radius 1 is 1.43 bits per heavy atom. The van der Waals surface area contributed by atoms with E-state index in [9.17, 15) is 14.0 Å². The molecule has 0 radical (unpaired) electrons. The molecule has 2 unspecified atom stereocenters. The van der Waals surface area contributed by atoms with Crippen molar-refractivity contribution >= 4 is 17.7 Å². The molecule has 0 aliphatic carbocycles. The standard InChI is InChI=1S/C14H17FN2O4/c1-2-17(12-6-4-3-5-10(12)15)14(20)16-11-8-21-7-9(11)13(18)19/h3-6,9,11H,2,7-8H2,1H3,(H,16,20)(H,18,19). The molecule has 1 heterocycles. The van der Waals surface area contributed by atoms with Gasteiger partial charge in [0.25, 0.3) is 0 Å². The first-order valence-electron chi connectivity index (χ1n) is 6.67. The van der Waals surface area contributed by atoms with Crippen molar-refractivity contribution in [2.24, 2.45) is 5.92 Å². The van der Waals surface area contributed by atoms with E-state index in [1.54, 1.807) is 13.0 Å². The van der Waals surface area contributed by atoms with Crippen LogP contribution >= 0.6 is 0 Å². The molecule has 2 N–H and O–H groups in total. The second-order valence-electron chi connectivity index (χ2n) is 4.73. The van der Waals surface area contributed by atoms with Crippen LogP contribution < -0.4 is 10.2 Å². The lowest BCUT2D eigenvalue weighted by molar-refractivity contribution is -0.142. The van der Waals surface area contributed by atoms with Crippen LogP contribution in [0.3, 0.4) is 0 Å². The maximum Gasteiger partial charge on any atom is 0.322 e. The number of hydrogen-bond donors (Lipinski definition) is 2. The number of halogens is 1. The number of hydrogen-bond acceptors (Lipinski definition) is 3. The van der Waals surface area contributed by atoms with Gasteiger partial charge in [-0.1, -0.05) is 12.1 Å². The van der Waals surface area contributed by atoms with E-state index in [1.165, 1.54) is 23.1 Å². The number of carboxylic acid groups (broad SMARTS) is 1. The van der Waals surface area contributed by atoms with E-state index in [2.05, 4.69) is 5.32 Å². The molecule has 0 aromatic heterocycles. The molecule has 0 spiro atoms. The highest BCUT2D eigenvalue weighted by Crippen LogP contribution is 2.20. The van der Waals surface area contributed by atoms with Gasteiger partial charge < -0.3 is 15.2 Å². The number of carboxylic acids is 1. The zero-order valence-corrected chi connectivity index (χ0v) is 11.6. The molecular weight excluding hydrogens is 279 g/mol. The molecule has 0 saturated carbocycles. The third-order valence-corrected chi connectivity index (χ3v) is 3.41. The number of anilines is 1. The number of benzene rings is 1. The van der Waals surface area contributed by atoms with Crippen molar-refractivity contribution in [3.8, 4) is 0 Å². The van der Waals surface area contributed by atoms with E-state index in [-0.39, 0.29) is 25.4 Å². The number of carbonyl (C=O) groups excluding carboxylic acids is 1. The lowest BCUT2D eigenvalue weighted by Gasteiger charge is -2.25. The fourth-order valence-electron chi connectivity index (χ4n) is 2.27. The summed E-state index contributed by atoms with van der Waals surface area (Å²) in [4.78, 5) is 24.5. The summed E-state index contributed by atoms with van der Waals surface area (Å²) in [5.41, 5.74) is 0.156. The summed E-state index contributed by atoms with van der Waals surface area (Å²) in [7, 11) is 0.